The van der Waals surface area contributed by atoms with Gasteiger partial charge < -0.3 is 15.1 Å². The van der Waals surface area contributed by atoms with Crippen LogP contribution in [0.2, 0.25) is 5.02 Å². The van der Waals surface area contributed by atoms with Crippen molar-refractivity contribution >= 4 is 40.9 Å². The molecule has 0 fully saturated rings. The number of carbonyl (C=O) groups is 2. The molecular weight excluding hydrogens is 424 g/mol. The zero-order valence-corrected chi connectivity index (χ0v) is 17.7. The molecule has 158 valence electrons. The molecule has 32 heavy (non-hydrogen) atoms. The largest absolute Gasteiger partial charge is 0.457 e. The molecule has 6 heteroatoms. The number of rotatable bonds is 6. The predicted molar refractivity (Wildman–Crippen MR) is 128 cm³/mol. The van der Waals surface area contributed by atoms with Crippen molar-refractivity contribution in [3.05, 3.63) is 113 Å². The van der Waals surface area contributed by atoms with E-state index in [0.717, 1.165) is 11.3 Å². The number of halogens is 1. The lowest BCUT2D eigenvalue weighted by Crippen LogP contribution is -2.13. The van der Waals surface area contributed by atoms with E-state index in [9.17, 15) is 9.59 Å². The molecule has 3 aromatic carbocycles. The molecule has 2 N–H and O–H groups in total. The standard InChI is InChI=1S/C26H19ClN2O3/c27-23-12-5-4-11-22(23)26(31)29-20-10-6-9-19(17-20)28-25(30)16-14-21-13-15-24(32-21)18-7-2-1-3-8-18/h1-17H,(H,28,30)(H,29,31)/b16-14+. The summed E-state index contributed by atoms with van der Waals surface area (Å²) in [7, 11) is 0. The number of furan rings is 1. The summed E-state index contributed by atoms with van der Waals surface area (Å²) >= 11 is 6.07. The molecule has 2 amide bonds. The van der Waals surface area contributed by atoms with Gasteiger partial charge in [0.25, 0.3) is 5.91 Å². The zero-order valence-electron chi connectivity index (χ0n) is 16.9. The van der Waals surface area contributed by atoms with Gasteiger partial charge in [-0.05, 0) is 48.5 Å². The minimum absolute atomic E-state index is 0.322. The first-order chi connectivity index (χ1) is 15.6. The van der Waals surface area contributed by atoms with E-state index < -0.39 is 0 Å². The highest BCUT2D eigenvalue weighted by atomic mass is 35.5. The zero-order chi connectivity index (χ0) is 22.3. The molecule has 0 atom stereocenters. The highest BCUT2D eigenvalue weighted by Crippen LogP contribution is 2.23. The predicted octanol–water partition coefficient (Wildman–Crippen LogP) is 6.50. The fraction of sp³-hybridized carbons (Fsp3) is 0. The van der Waals surface area contributed by atoms with Crippen LogP contribution in [0, 0.1) is 0 Å². The molecule has 0 saturated carbocycles. The average Bonchev–Trinajstić information content (AvgIpc) is 3.28. The Hall–Kier alpha value is -4.09. The van der Waals surface area contributed by atoms with E-state index in [-0.39, 0.29) is 11.8 Å². The Labute approximate surface area is 190 Å². The fourth-order valence-corrected chi connectivity index (χ4v) is 3.28. The number of amides is 2. The van der Waals surface area contributed by atoms with Gasteiger partial charge in [-0.25, -0.2) is 0 Å². The second-order valence-electron chi connectivity index (χ2n) is 6.91. The Morgan fingerprint density at radius 2 is 1.50 bits per heavy atom. The molecule has 0 aliphatic heterocycles. The van der Waals surface area contributed by atoms with Crippen LogP contribution in [-0.4, -0.2) is 11.8 Å². The number of hydrogen-bond acceptors (Lipinski definition) is 3. The lowest BCUT2D eigenvalue weighted by Gasteiger charge is -2.09. The van der Waals surface area contributed by atoms with Gasteiger partial charge in [-0.15, -0.1) is 0 Å². The molecule has 1 aromatic heterocycles. The summed E-state index contributed by atoms with van der Waals surface area (Å²) in [5.41, 5.74) is 2.42. The van der Waals surface area contributed by atoms with Crippen LogP contribution in [0.5, 0.6) is 0 Å². The number of anilines is 2. The third kappa shape index (κ3) is 5.33. The molecule has 4 rings (SSSR count). The van der Waals surface area contributed by atoms with E-state index in [4.69, 9.17) is 16.0 Å². The average molecular weight is 443 g/mol. The van der Waals surface area contributed by atoms with Crippen LogP contribution in [0.25, 0.3) is 17.4 Å². The number of nitrogens with one attached hydrogen (secondary N) is 2. The molecule has 0 bridgehead atoms. The minimum Gasteiger partial charge on any atom is -0.457 e. The summed E-state index contributed by atoms with van der Waals surface area (Å²) in [6.45, 7) is 0. The number of carbonyl (C=O) groups excluding carboxylic acids is 2. The Balaban J connectivity index is 1.38. The molecule has 0 spiro atoms. The van der Waals surface area contributed by atoms with Crippen LogP contribution in [-0.2, 0) is 4.79 Å². The Morgan fingerprint density at radius 3 is 2.28 bits per heavy atom. The normalized spacial score (nSPS) is 10.8. The summed E-state index contributed by atoms with van der Waals surface area (Å²) in [5, 5.41) is 5.92. The maximum absolute atomic E-state index is 12.4. The van der Waals surface area contributed by atoms with E-state index >= 15 is 0 Å². The highest BCUT2D eigenvalue weighted by Gasteiger charge is 2.10. The molecule has 0 unspecified atom stereocenters. The Morgan fingerprint density at radius 1 is 0.781 bits per heavy atom. The van der Waals surface area contributed by atoms with Crippen molar-refractivity contribution in [2.75, 3.05) is 10.6 Å². The minimum atomic E-state index is -0.328. The van der Waals surface area contributed by atoms with Gasteiger partial charge in [0, 0.05) is 23.0 Å². The third-order valence-electron chi connectivity index (χ3n) is 4.59. The summed E-state index contributed by atoms with van der Waals surface area (Å²) in [6, 6.07) is 27.0. The number of benzene rings is 3. The van der Waals surface area contributed by atoms with E-state index in [1.165, 1.54) is 6.08 Å². The van der Waals surface area contributed by atoms with E-state index in [0.29, 0.717) is 27.7 Å². The van der Waals surface area contributed by atoms with Crippen molar-refractivity contribution in [3.8, 4) is 11.3 Å². The summed E-state index contributed by atoms with van der Waals surface area (Å²) in [6.07, 6.45) is 2.99. The smallest absolute Gasteiger partial charge is 0.257 e. The third-order valence-corrected chi connectivity index (χ3v) is 4.92. The second-order valence-corrected chi connectivity index (χ2v) is 7.31. The van der Waals surface area contributed by atoms with E-state index in [1.54, 1.807) is 60.7 Å². The van der Waals surface area contributed by atoms with Gasteiger partial charge in [-0.3, -0.25) is 9.59 Å². The Kier molecular flexibility index (Phi) is 6.49. The van der Waals surface area contributed by atoms with Gasteiger partial charge in [0.05, 0.1) is 10.6 Å². The van der Waals surface area contributed by atoms with Crippen LogP contribution >= 0.6 is 11.6 Å². The second kappa shape index (κ2) is 9.81. The SMILES string of the molecule is O=C(/C=C/c1ccc(-c2ccccc2)o1)Nc1cccc(NC(=O)c2ccccc2Cl)c1. The van der Waals surface area contributed by atoms with Crippen molar-refractivity contribution in [2.24, 2.45) is 0 Å². The van der Waals surface area contributed by atoms with Crippen LogP contribution < -0.4 is 10.6 Å². The summed E-state index contributed by atoms with van der Waals surface area (Å²) in [5.74, 6) is 0.649. The molecule has 4 aromatic rings. The molecule has 5 nitrogen and oxygen atoms in total. The maximum Gasteiger partial charge on any atom is 0.257 e. The topological polar surface area (TPSA) is 71.3 Å². The highest BCUT2D eigenvalue weighted by molar-refractivity contribution is 6.34. The lowest BCUT2D eigenvalue weighted by molar-refractivity contribution is -0.111. The molecule has 0 saturated heterocycles. The first-order valence-corrected chi connectivity index (χ1v) is 10.3. The van der Waals surface area contributed by atoms with Gasteiger partial charge in [0.15, 0.2) is 0 Å². The monoisotopic (exact) mass is 442 g/mol. The van der Waals surface area contributed by atoms with Crippen molar-refractivity contribution in [3.63, 3.8) is 0 Å². The first-order valence-electron chi connectivity index (χ1n) is 9.89. The fourth-order valence-electron chi connectivity index (χ4n) is 3.06. The molecular formula is C26H19ClN2O3. The molecule has 0 aliphatic rings. The van der Waals surface area contributed by atoms with Gasteiger partial charge in [-0.2, -0.15) is 0 Å². The number of hydrogen-bond donors (Lipinski definition) is 2. The van der Waals surface area contributed by atoms with Gasteiger partial charge in [0.2, 0.25) is 5.91 Å². The first kappa shape index (κ1) is 21.2. The van der Waals surface area contributed by atoms with Crippen molar-refractivity contribution in [1.29, 1.82) is 0 Å². The summed E-state index contributed by atoms with van der Waals surface area (Å²) in [4.78, 5) is 24.7. The van der Waals surface area contributed by atoms with Crippen molar-refractivity contribution in [2.45, 2.75) is 0 Å². The quantitative estimate of drug-likeness (QED) is 0.334. The van der Waals surface area contributed by atoms with Crippen LogP contribution in [0.4, 0.5) is 11.4 Å². The molecule has 0 radical (unpaired) electrons. The summed E-state index contributed by atoms with van der Waals surface area (Å²) < 4.78 is 5.76. The van der Waals surface area contributed by atoms with Gasteiger partial charge >= 0.3 is 0 Å². The van der Waals surface area contributed by atoms with Crippen molar-refractivity contribution in [1.82, 2.24) is 0 Å². The Bertz CT molecular complexity index is 1280. The maximum atomic E-state index is 12.4. The molecule has 0 aliphatic carbocycles. The molecule has 1 heterocycles. The van der Waals surface area contributed by atoms with Crippen molar-refractivity contribution < 1.29 is 14.0 Å². The van der Waals surface area contributed by atoms with Gasteiger partial charge in [0.1, 0.15) is 11.5 Å². The van der Waals surface area contributed by atoms with E-state index in [1.807, 2.05) is 36.4 Å². The van der Waals surface area contributed by atoms with Gasteiger partial charge in [-0.1, -0.05) is 60.1 Å². The van der Waals surface area contributed by atoms with Crippen LogP contribution in [0.3, 0.4) is 0 Å². The van der Waals surface area contributed by atoms with Crippen LogP contribution in [0.1, 0.15) is 16.1 Å². The lowest BCUT2D eigenvalue weighted by atomic mass is 10.2. The van der Waals surface area contributed by atoms with Crippen LogP contribution in [0.15, 0.2) is 101 Å². The van der Waals surface area contributed by atoms with E-state index in [2.05, 4.69) is 10.6 Å².